The predicted molar refractivity (Wildman–Crippen MR) is 84.4 cm³/mol. The summed E-state index contributed by atoms with van der Waals surface area (Å²) >= 11 is 5.90. The Balaban J connectivity index is 1.63. The summed E-state index contributed by atoms with van der Waals surface area (Å²) in [5, 5.41) is 12.6. The number of amides is 1. The van der Waals surface area contributed by atoms with Crippen molar-refractivity contribution in [3.05, 3.63) is 34.6 Å². The van der Waals surface area contributed by atoms with Crippen molar-refractivity contribution >= 4 is 17.5 Å². The standard InChI is InChI=1S/C16H22ClFN2O2/c17-15-11-13(18)3-2-12(15)10-16(22)19-6-1-7-20-8-4-14(21)5-9-20/h2-3,11,14,21H,1,4-10H2,(H,19,22). The first-order chi connectivity index (χ1) is 10.5. The molecule has 1 aliphatic rings. The van der Waals surface area contributed by atoms with Gasteiger partial charge in [0.1, 0.15) is 5.82 Å². The van der Waals surface area contributed by atoms with Gasteiger partial charge in [0.2, 0.25) is 5.91 Å². The Hall–Kier alpha value is -1.17. The molecule has 1 heterocycles. The van der Waals surface area contributed by atoms with Crippen LogP contribution in [0.2, 0.25) is 5.02 Å². The van der Waals surface area contributed by atoms with Crippen LogP contribution in [-0.2, 0) is 11.2 Å². The number of carbonyl (C=O) groups is 1. The number of carbonyl (C=O) groups excluding carboxylic acids is 1. The lowest BCUT2D eigenvalue weighted by molar-refractivity contribution is -0.120. The highest BCUT2D eigenvalue weighted by molar-refractivity contribution is 6.31. The van der Waals surface area contributed by atoms with Crippen LogP contribution in [-0.4, -0.2) is 48.2 Å². The molecule has 2 rings (SSSR count). The maximum Gasteiger partial charge on any atom is 0.224 e. The van der Waals surface area contributed by atoms with E-state index in [0.717, 1.165) is 38.9 Å². The minimum atomic E-state index is -0.402. The molecule has 1 aromatic carbocycles. The van der Waals surface area contributed by atoms with Crippen molar-refractivity contribution in [3.8, 4) is 0 Å². The number of likely N-dealkylation sites (tertiary alicyclic amines) is 1. The Morgan fingerprint density at radius 2 is 2.14 bits per heavy atom. The maximum absolute atomic E-state index is 12.9. The van der Waals surface area contributed by atoms with E-state index in [1.165, 1.54) is 18.2 Å². The van der Waals surface area contributed by atoms with Gasteiger partial charge in [-0.2, -0.15) is 0 Å². The van der Waals surface area contributed by atoms with Crippen LogP contribution in [0.3, 0.4) is 0 Å². The third-order valence-electron chi connectivity index (χ3n) is 3.90. The molecule has 0 spiro atoms. The second-order valence-electron chi connectivity index (χ2n) is 5.69. The summed E-state index contributed by atoms with van der Waals surface area (Å²) in [5.41, 5.74) is 0.630. The largest absolute Gasteiger partial charge is 0.393 e. The van der Waals surface area contributed by atoms with Gasteiger partial charge in [-0.25, -0.2) is 4.39 Å². The zero-order valence-electron chi connectivity index (χ0n) is 12.5. The van der Waals surface area contributed by atoms with Gasteiger partial charge in [-0.3, -0.25) is 4.79 Å². The van der Waals surface area contributed by atoms with E-state index < -0.39 is 5.82 Å². The lowest BCUT2D eigenvalue weighted by Gasteiger charge is -2.29. The van der Waals surface area contributed by atoms with Gasteiger partial charge in [-0.1, -0.05) is 17.7 Å². The fourth-order valence-corrected chi connectivity index (χ4v) is 2.81. The minimum absolute atomic E-state index is 0.109. The zero-order chi connectivity index (χ0) is 15.9. The number of hydrogen-bond donors (Lipinski definition) is 2. The highest BCUT2D eigenvalue weighted by Crippen LogP contribution is 2.17. The number of hydrogen-bond acceptors (Lipinski definition) is 3. The Morgan fingerprint density at radius 1 is 1.41 bits per heavy atom. The van der Waals surface area contributed by atoms with Gasteiger partial charge in [-0.05, 0) is 43.5 Å². The van der Waals surface area contributed by atoms with Crippen molar-refractivity contribution < 1.29 is 14.3 Å². The summed E-state index contributed by atoms with van der Waals surface area (Å²) in [6, 6.07) is 4.06. The summed E-state index contributed by atoms with van der Waals surface area (Å²) in [7, 11) is 0. The highest BCUT2D eigenvalue weighted by Gasteiger charge is 2.16. The van der Waals surface area contributed by atoms with Gasteiger partial charge >= 0.3 is 0 Å². The Morgan fingerprint density at radius 3 is 2.82 bits per heavy atom. The molecule has 1 aromatic rings. The summed E-state index contributed by atoms with van der Waals surface area (Å²) < 4.78 is 12.9. The fraction of sp³-hybridized carbons (Fsp3) is 0.562. The quantitative estimate of drug-likeness (QED) is 0.785. The van der Waals surface area contributed by atoms with E-state index in [0.29, 0.717) is 12.1 Å². The molecule has 0 bridgehead atoms. The first-order valence-corrected chi connectivity index (χ1v) is 8.03. The molecule has 1 saturated heterocycles. The van der Waals surface area contributed by atoms with E-state index in [4.69, 9.17) is 11.6 Å². The second-order valence-corrected chi connectivity index (χ2v) is 6.10. The van der Waals surface area contributed by atoms with Crippen LogP contribution in [0.5, 0.6) is 0 Å². The van der Waals surface area contributed by atoms with E-state index in [-0.39, 0.29) is 23.5 Å². The van der Waals surface area contributed by atoms with Crippen molar-refractivity contribution in [1.29, 1.82) is 0 Å². The molecular formula is C16H22ClFN2O2. The van der Waals surface area contributed by atoms with Crippen molar-refractivity contribution in [1.82, 2.24) is 10.2 Å². The van der Waals surface area contributed by atoms with E-state index in [1.807, 2.05) is 0 Å². The summed E-state index contributed by atoms with van der Waals surface area (Å²) in [4.78, 5) is 14.1. The Labute approximate surface area is 135 Å². The molecule has 2 N–H and O–H groups in total. The van der Waals surface area contributed by atoms with Gasteiger partial charge in [-0.15, -0.1) is 0 Å². The van der Waals surface area contributed by atoms with E-state index in [2.05, 4.69) is 10.2 Å². The zero-order valence-corrected chi connectivity index (χ0v) is 13.3. The number of rotatable bonds is 6. The van der Waals surface area contributed by atoms with E-state index in [9.17, 15) is 14.3 Å². The summed E-state index contributed by atoms with van der Waals surface area (Å²) in [5.74, 6) is -0.511. The minimum Gasteiger partial charge on any atom is -0.393 e. The van der Waals surface area contributed by atoms with Crippen LogP contribution >= 0.6 is 11.6 Å². The molecule has 0 unspecified atom stereocenters. The number of halogens is 2. The van der Waals surface area contributed by atoms with Crippen molar-refractivity contribution in [3.63, 3.8) is 0 Å². The van der Waals surface area contributed by atoms with Gasteiger partial charge in [0.15, 0.2) is 0 Å². The molecule has 6 heteroatoms. The lowest BCUT2D eigenvalue weighted by Crippen LogP contribution is -2.37. The Bertz CT molecular complexity index is 505. The fourth-order valence-electron chi connectivity index (χ4n) is 2.57. The third-order valence-corrected chi connectivity index (χ3v) is 4.25. The van der Waals surface area contributed by atoms with Crippen LogP contribution in [0.4, 0.5) is 4.39 Å². The van der Waals surface area contributed by atoms with Crippen LogP contribution in [0.1, 0.15) is 24.8 Å². The predicted octanol–water partition coefficient (Wildman–Crippen LogP) is 1.98. The first-order valence-electron chi connectivity index (χ1n) is 7.65. The summed E-state index contributed by atoms with van der Waals surface area (Å²) in [6.45, 7) is 3.36. The number of nitrogens with one attached hydrogen (secondary N) is 1. The molecule has 122 valence electrons. The SMILES string of the molecule is O=C(Cc1ccc(F)cc1Cl)NCCCN1CCC(O)CC1. The van der Waals surface area contributed by atoms with E-state index >= 15 is 0 Å². The lowest BCUT2D eigenvalue weighted by atomic mass is 10.1. The number of benzene rings is 1. The molecular weight excluding hydrogens is 307 g/mol. The van der Waals surface area contributed by atoms with Crippen molar-refractivity contribution in [2.45, 2.75) is 31.8 Å². The maximum atomic E-state index is 12.9. The molecule has 0 saturated carbocycles. The van der Waals surface area contributed by atoms with Crippen molar-refractivity contribution in [2.24, 2.45) is 0 Å². The number of nitrogens with zero attached hydrogens (tertiary/aromatic N) is 1. The molecule has 4 nitrogen and oxygen atoms in total. The molecule has 0 atom stereocenters. The molecule has 1 amide bonds. The number of aliphatic hydroxyl groups excluding tert-OH is 1. The second kappa shape index (κ2) is 8.46. The van der Waals surface area contributed by atoms with Gasteiger partial charge in [0.25, 0.3) is 0 Å². The Kier molecular flexibility index (Phi) is 6.61. The van der Waals surface area contributed by atoms with Crippen molar-refractivity contribution in [2.75, 3.05) is 26.2 Å². The molecule has 0 radical (unpaired) electrons. The van der Waals surface area contributed by atoms with Gasteiger partial charge < -0.3 is 15.3 Å². The highest BCUT2D eigenvalue weighted by atomic mass is 35.5. The van der Waals surface area contributed by atoms with Crippen LogP contribution in [0, 0.1) is 5.82 Å². The molecule has 0 aromatic heterocycles. The third kappa shape index (κ3) is 5.55. The van der Waals surface area contributed by atoms with Gasteiger partial charge in [0.05, 0.1) is 12.5 Å². The van der Waals surface area contributed by atoms with E-state index in [1.54, 1.807) is 0 Å². The average molecular weight is 329 g/mol. The summed E-state index contributed by atoms with van der Waals surface area (Å²) in [6.07, 6.45) is 2.54. The number of piperidine rings is 1. The molecule has 1 fully saturated rings. The molecule has 22 heavy (non-hydrogen) atoms. The molecule has 0 aliphatic carbocycles. The van der Waals surface area contributed by atoms with Crippen LogP contribution in [0.15, 0.2) is 18.2 Å². The van der Waals surface area contributed by atoms with Crippen LogP contribution in [0.25, 0.3) is 0 Å². The normalized spacial score (nSPS) is 16.7. The number of aliphatic hydroxyl groups is 1. The average Bonchev–Trinajstić information content (AvgIpc) is 2.48. The smallest absolute Gasteiger partial charge is 0.224 e. The molecule has 1 aliphatic heterocycles. The monoisotopic (exact) mass is 328 g/mol. The van der Waals surface area contributed by atoms with Crippen LogP contribution < -0.4 is 5.32 Å². The first kappa shape index (κ1) is 17.2. The topological polar surface area (TPSA) is 52.6 Å². The van der Waals surface area contributed by atoms with Gasteiger partial charge in [0, 0.05) is 24.7 Å².